The predicted molar refractivity (Wildman–Crippen MR) is 105 cm³/mol. The van der Waals surface area contributed by atoms with Gasteiger partial charge in [0.2, 0.25) is 0 Å². The molecule has 128 valence electrons. The van der Waals surface area contributed by atoms with Crippen molar-refractivity contribution < 1.29 is 4.79 Å². The van der Waals surface area contributed by atoms with Gasteiger partial charge in [0.05, 0.1) is 22.5 Å². The van der Waals surface area contributed by atoms with Gasteiger partial charge in [0, 0.05) is 28.2 Å². The highest BCUT2D eigenvalue weighted by atomic mass is 32.1. The van der Waals surface area contributed by atoms with Gasteiger partial charge in [0.15, 0.2) is 5.13 Å². The fraction of sp³-hybridized carbons (Fsp3) is 0.100. The molecule has 3 aromatic heterocycles. The van der Waals surface area contributed by atoms with Crippen LogP contribution in [0.1, 0.15) is 20.9 Å². The Morgan fingerprint density at radius 3 is 2.65 bits per heavy atom. The Labute approximate surface area is 154 Å². The summed E-state index contributed by atoms with van der Waals surface area (Å²) < 4.78 is 0. The molecule has 3 heterocycles. The third-order valence-corrected chi connectivity index (χ3v) is 5.16. The molecule has 5 nitrogen and oxygen atoms in total. The fourth-order valence-corrected chi connectivity index (χ4v) is 3.51. The zero-order valence-corrected chi connectivity index (χ0v) is 15.2. The molecule has 1 N–H and O–H groups in total. The number of hydrogen-bond acceptors (Lipinski definition) is 5. The number of hydrogen-bond donors (Lipinski definition) is 1. The fourth-order valence-electron chi connectivity index (χ4n) is 2.70. The Hall–Kier alpha value is -3.12. The molecule has 0 aliphatic rings. The zero-order valence-electron chi connectivity index (χ0n) is 14.4. The van der Waals surface area contributed by atoms with Crippen LogP contribution in [0, 0.1) is 13.8 Å². The Morgan fingerprint density at radius 2 is 1.92 bits per heavy atom. The molecule has 0 atom stereocenters. The molecule has 1 amide bonds. The molecule has 4 rings (SSSR count). The van der Waals surface area contributed by atoms with E-state index < -0.39 is 0 Å². The van der Waals surface area contributed by atoms with Crippen molar-refractivity contribution in [2.45, 2.75) is 13.8 Å². The lowest BCUT2D eigenvalue weighted by Crippen LogP contribution is -2.12. The van der Waals surface area contributed by atoms with Gasteiger partial charge in [0.1, 0.15) is 0 Å². The van der Waals surface area contributed by atoms with Gasteiger partial charge >= 0.3 is 0 Å². The molecule has 0 spiro atoms. The van der Waals surface area contributed by atoms with Gasteiger partial charge in [-0.2, -0.15) is 0 Å². The minimum atomic E-state index is -0.208. The monoisotopic (exact) mass is 360 g/mol. The summed E-state index contributed by atoms with van der Waals surface area (Å²) in [6, 6.07) is 13.3. The number of amides is 1. The number of rotatable bonds is 3. The molecule has 4 aromatic rings. The maximum atomic E-state index is 12.8. The second kappa shape index (κ2) is 6.65. The summed E-state index contributed by atoms with van der Waals surface area (Å²) >= 11 is 1.47. The molecule has 0 saturated heterocycles. The third-order valence-electron chi connectivity index (χ3n) is 4.17. The van der Waals surface area contributed by atoms with E-state index in [1.165, 1.54) is 11.3 Å². The summed E-state index contributed by atoms with van der Waals surface area (Å²) in [5.74, 6) is -0.208. The molecule has 0 aliphatic heterocycles. The van der Waals surface area contributed by atoms with Gasteiger partial charge in [-0.1, -0.05) is 18.2 Å². The van der Waals surface area contributed by atoms with Gasteiger partial charge < -0.3 is 0 Å². The van der Waals surface area contributed by atoms with E-state index in [0.717, 1.165) is 27.2 Å². The number of fused-ring (bicyclic) bond motifs is 1. The van der Waals surface area contributed by atoms with Crippen LogP contribution in [0.25, 0.3) is 22.2 Å². The second-order valence-corrected chi connectivity index (χ2v) is 7.13. The number of aryl methyl sites for hydroxylation is 2. The van der Waals surface area contributed by atoms with Crippen molar-refractivity contribution in [2.75, 3.05) is 5.32 Å². The van der Waals surface area contributed by atoms with Gasteiger partial charge in [-0.3, -0.25) is 15.1 Å². The molecule has 0 saturated carbocycles. The van der Waals surface area contributed by atoms with Gasteiger partial charge in [-0.15, -0.1) is 11.3 Å². The molecule has 26 heavy (non-hydrogen) atoms. The van der Waals surface area contributed by atoms with Crippen LogP contribution in [-0.2, 0) is 0 Å². The molecule has 1 aromatic carbocycles. The normalized spacial score (nSPS) is 10.8. The van der Waals surface area contributed by atoms with Crippen molar-refractivity contribution in [3.8, 4) is 11.3 Å². The summed E-state index contributed by atoms with van der Waals surface area (Å²) in [7, 11) is 0. The van der Waals surface area contributed by atoms with E-state index in [2.05, 4.69) is 15.3 Å². The predicted octanol–water partition coefficient (Wildman–Crippen LogP) is 4.62. The zero-order chi connectivity index (χ0) is 18.1. The molecule has 0 unspecified atom stereocenters. The summed E-state index contributed by atoms with van der Waals surface area (Å²) in [5, 5.41) is 4.40. The lowest BCUT2D eigenvalue weighted by Gasteiger charge is -2.08. The largest absolute Gasteiger partial charge is 0.298 e. The van der Waals surface area contributed by atoms with Crippen LogP contribution in [-0.4, -0.2) is 20.9 Å². The number of anilines is 1. The minimum absolute atomic E-state index is 0.208. The standard InChI is InChI=1S/C20H16N4OS/c1-12-13(2)26-20(22-12)24-19(25)16-7-3-5-14-8-9-17(23-18(14)16)15-6-4-10-21-11-15/h3-11H,1-2H3,(H,22,24,25). The van der Waals surface area contributed by atoms with Crippen LogP contribution in [0.5, 0.6) is 0 Å². The topological polar surface area (TPSA) is 67.8 Å². The minimum Gasteiger partial charge on any atom is -0.298 e. The summed E-state index contributed by atoms with van der Waals surface area (Å²) in [6.07, 6.45) is 3.49. The quantitative estimate of drug-likeness (QED) is 0.579. The van der Waals surface area contributed by atoms with E-state index in [1.807, 2.05) is 50.2 Å². The first kappa shape index (κ1) is 16.4. The average molecular weight is 360 g/mol. The van der Waals surface area contributed by atoms with E-state index in [-0.39, 0.29) is 5.91 Å². The van der Waals surface area contributed by atoms with Crippen molar-refractivity contribution in [3.05, 3.63) is 71.0 Å². The Balaban J connectivity index is 1.75. The van der Waals surface area contributed by atoms with Crippen LogP contribution in [0.3, 0.4) is 0 Å². The SMILES string of the molecule is Cc1nc(NC(=O)c2cccc3ccc(-c4cccnc4)nc23)sc1C. The number of pyridine rings is 2. The second-order valence-electron chi connectivity index (χ2n) is 5.93. The number of para-hydroxylation sites is 1. The van der Waals surface area contributed by atoms with Crippen LogP contribution in [0.2, 0.25) is 0 Å². The number of benzene rings is 1. The first-order valence-corrected chi connectivity index (χ1v) is 8.99. The highest BCUT2D eigenvalue weighted by Crippen LogP contribution is 2.25. The number of thiazole rings is 1. The van der Waals surface area contributed by atoms with E-state index in [1.54, 1.807) is 18.5 Å². The molecule has 6 heteroatoms. The Morgan fingerprint density at radius 1 is 1.04 bits per heavy atom. The lowest BCUT2D eigenvalue weighted by molar-refractivity contribution is 0.102. The van der Waals surface area contributed by atoms with E-state index in [9.17, 15) is 4.79 Å². The van der Waals surface area contributed by atoms with Crippen LogP contribution in [0.15, 0.2) is 54.9 Å². The number of carbonyl (C=O) groups is 1. The highest BCUT2D eigenvalue weighted by molar-refractivity contribution is 7.15. The Kier molecular flexibility index (Phi) is 4.18. The number of nitrogens with zero attached hydrogens (tertiary/aromatic N) is 3. The van der Waals surface area contributed by atoms with Gasteiger partial charge in [0.25, 0.3) is 5.91 Å². The summed E-state index contributed by atoms with van der Waals surface area (Å²) in [6.45, 7) is 3.92. The lowest BCUT2D eigenvalue weighted by atomic mass is 10.1. The first-order valence-electron chi connectivity index (χ1n) is 8.17. The molecular formula is C20H16N4OS. The number of carbonyl (C=O) groups excluding carboxylic acids is 1. The van der Waals surface area contributed by atoms with E-state index in [0.29, 0.717) is 16.2 Å². The third kappa shape index (κ3) is 3.07. The van der Waals surface area contributed by atoms with Crippen molar-refractivity contribution in [3.63, 3.8) is 0 Å². The van der Waals surface area contributed by atoms with Crippen LogP contribution < -0.4 is 5.32 Å². The molecule has 0 bridgehead atoms. The van der Waals surface area contributed by atoms with Crippen LogP contribution in [0.4, 0.5) is 5.13 Å². The first-order chi connectivity index (χ1) is 12.6. The molecule has 0 radical (unpaired) electrons. The van der Waals surface area contributed by atoms with Crippen molar-refractivity contribution in [2.24, 2.45) is 0 Å². The average Bonchev–Trinajstić information content (AvgIpc) is 2.98. The number of nitrogens with one attached hydrogen (secondary N) is 1. The van der Waals surface area contributed by atoms with Crippen molar-refractivity contribution in [1.82, 2.24) is 15.0 Å². The maximum absolute atomic E-state index is 12.8. The Bertz CT molecular complexity index is 1090. The smallest absolute Gasteiger partial charge is 0.259 e. The molecule has 0 aliphatic carbocycles. The van der Waals surface area contributed by atoms with Crippen molar-refractivity contribution in [1.29, 1.82) is 0 Å². The van der Waals surface area contributed by atoms with Crippen LogP contribution >= 0.6 is 11.3 Å². The molecule has 0 fully saturated rings. The maximum Gasteiger partial charge on any atom is 0.259 e. The van der Waals surface area contributed by atoms with E-state index in [4.69, 9.17) is 4.98 Å². The van der Waals surface area contributed by atoms with Crippen molar-refractivity contribution >= 4 is 33.3 Å². The highest BCUT2D eigenvalue weighted by Gasteiger charge is 2.14. The van der Waals surface area contributed by atoms with E-state index >= 15 is 0 Å². The number of aromatic nitrogens is 3. The summed E-state index contributed by atoms with van der Waals surface area (Å²) in [5.41, 5.74) is 3.82. The molecular weight excluding hydrogens is 344 g/mol. The van der Waals surface area contributed by atoms with Gasteiger partial charge in [-0.05, 0) is 38.1 Å². The van der Waals surface area contributed by atoms with Gasteiger partial charge in [-0.25, -0.2) is 9.97 Å². The summed E-state index contributed by atoms with van der Waals surface area (Å²) in [4.78, 5) is 27.1.